The normalized spacial score (nSPS) is 10.9. The molecule has 3 amide bonds. The van der Waals surface area contributed by atoms with Crippen LogP contribution >= 0.6 is 34.2 Å². The molecule has 28 heavy (non-hydrogen) atoms. The molecule has 0 bridgehead atoms. The second kappa shape index (κ2) is 10.2. The van der Waals surface area contributed by atoms with E-state index in [1.165, 1.54) is 0 Å². The van der Waals surface area contributed by atoms with Crippen LogP contribution in [0.25, 0.3) is 0 Å². The van der Waals surface area contributed by atoms with Crippen molar-refractivity contribution in [3.8, 4) is 0 Å². The number of amides is 3. The second-order valence-corrected chi connectivity index (χ2v) is 7.54. The lowest BCUT2D eigenvalue weighted by molar-refractivity contribution is -0.136. The molecular weight excluding hydrogens is 495 g/mol. The van der Waals surface area contributed by atoms with E-state index in [1.807, 2.05) is 18.2 Å². The fraction of sp³-hybridized carbons (Fsp3) is 0.158. The first-order valence-electron chi connectivity index (χ1n) is 8.21. The van der Waals surface area contributed by atoms with Crippen molar-refractivity contribution < 1.29 is 14.4 Å². The van der Waals surface area contributed by atoms with E-state index < -0.39 is 11.8 Å². The molecule has 0 atom stereocenters. The van der Waals surface area contributed by atoms with Gasteiger partial charge in [0.1, 0.15) is 0 Å². The number of rotatable bonds is 5. The van der Waals surface area contributed by atoms with Gasteiger partial charge in [0.25, 0.3) is 0 Å². The van der Waals surface area contributed by atoms with Gasteiger partial charge in [0, 0.05) is 25.7 Å². The first kappa shape index (κ1) is 21.8. The molecule has 0 saturated heterocycles. The zero-order valence-corrected chi connectivity index (χ0v) is 18.1. The standard InChI is InChI=1S/C19H18ClIN4O3/c1-11(9-17(26)22-14-6-3-5-13(21)10-14)24-25-19(28)18(27)23-16-8-4-7-15(20)12(16)2/h3-8,10H,9H2,1-2H3,(H,22,26)(H,23,27)(H,25,28)/b24-11-. The Morgan fingerprint density at radius 2 is 1.79 bits per heavy atom. The minimum Gasteiger partial charge on any atom is -0.326 e. The average Bonchev–Trinajstić information content (AvgIpc) is 2.63. The fourth-order valence-corrected chi connectivity index (χ4v) is 2.88. The van der Waals surface area contributed by atoms with Gasteiger partial charge in [-0.15, -0.1) is 0 Å². The van der Waals surface area contributed by atoms with Crippen LogP contribution in [0, 0.1) is 10.5 Å². The summed E-state index contributed by atoms with van der Waals surface area (Å²) >= 11 is 8.13. The van der Waals surface area contributed by atoms with Crippen LogP contribution in [0.1, 0.15) is 18.9 Å². The number of hydrazone groups is 1. The minimum absolute atomic E-state index is 0.0270. The first-order chi connectivity index (χ1) is 13.3. The number of nitrogens with zero attached hydrogens (tertiary/aromatic N) is 1. The maximum Gasteiger partial charge on any atom is 0.329 e. The summed E-state index contributed by atoms with van der Waals surface area (Å²) in [5.41, 5.74) is 4.24. The van der Waals surface area contributed by atoms with Gasteiger partial charge in [-0.3, -0.25) is 14.4 Å². The van der Waals surface area contributed by atoms with E-state index in [4.69, 9.17) is 11.6 Å². The van der Waals surface area contributed by atoms with Gasteiger partial charge in [-0.25, -0.2) is 5.43 Å². The molecule has 0 aliphatic heterocycles. The Hall–Kier alpha value is -2.46. The zero-order valence-electron chi connectivity index (χ0n) is 15.2. The SMILES string of the molecule is C/C(CC(=O)Nc1cccc(I)c1)=N/NC(=O)C(=O)Nc1cccc(Cl)c1C. The zero-order chi connectivity index (χ0) is 20.7. The van der Waals surface area contributed by atoms with Gasteiger partial charge in [-0.1, -0.05) is 23.7 Å². The average molecular weight is 513 g/mol. The number of halogens is 2. The molecule has 0 spiro atoms. The third-order valence-electron chi connectivity index (χ3n) is 3.60. The molecule has 146 valence electrons. The van der Waals surface area contributed by atoms with Crippen LogP contribution in [0.3, 0.4) is 0 Å². The summed E-state index contributed by atoms with van der Waals surface area (Å²) in [5.74, 6) is -2.11. The summed E-state index contributed by atoms with van der Waals surface area (Å²) in [4.78, 5) is 35.9. The highest BCUT2D eigenvalue weighted by Crippen LogP contribution is 2.22. The summed E-state index contributed by atoms with van der Waals surface area (Å²) < 4.78 is 0.994. The van der Waals surface area contributed by atoms with Gasteiger partial charge >= 0.3 is 11.8 Å². The molecule has 3 N–H and O–H groups in total. The quantitative estimate of drug-likeness (QED) is 0.246. The Kier molecular flexibility index (Phi) is 7.94. The Morgan fingerprint density at radius 3 is 2.50 bits per heavy atom. The molecule has 2 aromatic rings. The summed E-state index contributed by atoms with van der Waals surface area (Å²) in [7, 11) is 0. The molecule has 0 saturated carbocycles. The maximum atomic E-state index is 12.0. The molecule has 0 heterocycles. The number of anilines is 2. The molecule has 2 aromatic carbocycles. The highest BCUT2D eigenvalue weighted by molar-refractivity contribution is 14.1. The topological polar surface area (TPSA) is 99.7 Å². The van der Waals surface area contributed by atoms with Gasteiger partial charge in [0.15, 0.2) is 0 Å². The predicted octanol–water partition coefficient (Wildman–Crippen LogP) is 3.71. The van der Waals surface area contributed by atoms with E-state index in [1.54, 1.807) is 38.1 Å². The van der Waals surface area contributed by atoms with E-state index >= 15 is 0 Å². The highest BCUT2D eigenvalue weighted by atomic mass is 127. The molecule has 0 aliphatic rings. The third-order valence-corrected chi connectivity index (χ3v) is 4.68. The first-order valence-corrected chi connectivity index (χ1v) is 9.67. The van der Waals surface area contributed by atoms with Crippen molar-refractivity contribution in [2.45, 2.75) is 20.3 Å². The lowest BCUT2D eigenvalue weighted by atomic mass is 10.2. The van der Waals surface area contributed by atoms with Gasteiger partial charge in [0.05, 0.1) is 6.42 Å². The van der Waals surface area contributed by atoms with Crippen LogP contribution in [0.5, 0.6) is 0 Å². The van der Waals surface area contributed by atoms with Crippen LogP contribution < -0.4 is 16.1 Å². The van der Waals surface area contributed by atoms with E-state index in [0.29, 0.717) is 27.7 Å². The van der Waals surface area contributed by atoms with Crippen molar-refractivity contribution in [1.29, 1.82) is 0 Å². The van der Waals surface area contributed by atoms with E-state index in [0.717, 1.165) is 3.57 Å². The Balaban J connectivity index is 1.87. The van der Waals surface area contributed by atoms with Crippen molar-refractivity contribution in [2.24, 2.45) is 5.10 Å². The summed E-state index contributed by atoms with van der Waals surface area (Å²) in [6.07, 6.45) is -0.0270. The van der Waals surface area contributed by atoms with Gasteiger partial charge in [-0.2, -0.15) is 5.10 Å². The molecule has 7 nitrogen and oxygen atoms in total. The molecule has 2 rings (SSSR count). The maximum absolute atomic E-state index is 12.0. The summed E-state index contributed by atoms with van der Waals surface area (Å²) in [5, 5.41) is 9.48. The molecule has 0 aromatic heterocycles. The lowest BCUT2D eigenvalue weighted by Crippen LogP contribution is -2.33. The lowest BCUT2D eigenvalue weighted by Gasteiger charge is -2.09. The Bertz CT molecular complexity index is 947. The fourth-order valence-electron chi connectivity index (χ4n) is 2.16. The summed E-state index contributed by atoms with van der Waals surface area (Å²) in [6.45, 7) is 3.30. The summed E-state index contributed by atoms with van der Waals surface area (Å²) in [6, 6.07) is 12.3. The van der Waals surface area contributed by atoms with Crippen molar-refractivity contribution in [1.82, 2.24) is 5.43 Å². The van der Waals surface area contributed by atoms with Gasteiger partial charge in [-0.05, 0) is 72.3 Å². The minimum atomic E-state index is -0.947. The number of carbonyl (C=O) groups excluding carboxylic acids is 3. The third kappa shape index (κ3) is 6.61. The number of carbonyl (C=O) groups is 3. The van der Waals surface area contributed by atoms with Crippen LogP contribution in [0.2, 0.25) is 5.02 Å². The number of nitrogens with one attached hydrogen (secondary N) is 3. The van der Waals surface area contributed by atoms with Crippen molar-refractivity contribution in [2.75, 3.05) is 10.6 Å². The van der Waals surface area contributed by atoms with E-state index in [2.05, 4.69) is 43.8 Å². The molecule has 0 unspecified atom stereocenters. The van der Waals surface area contributed by atoms with Crippen molar-refractivity contribution >= 4 is 69.0 Å². The van der Waals surface area contributed by atoms with Crippen LogP contribution in [-0.4, -0.2) is 23.4 Å². The van der Waals surface area contributed by atoms with Crippen molar-refractivity contribution in [3.05, 3.63) is 56.6 Å². The largest absolute Gasteiger partial charge is 0.329 e. The Labute approximate surface area is 181 Å². The van der Waals surface area contributed by atoms with Crippen LogP contribution in [0.15, 0.2) is 47.6 Å². The van der Waals surface area contributed by atoms with E-state index in [9.17, 15) is 14.4 Å². The smallest absolute Gasteiger partial charge is 0.326 e. The second-order valence-electron chi connectivity index (χ2n) is 5.89. The van der Waals surface area contributed by atoms with E-state index in [-0.39, 0.29) is 12.3 Å². The monoisotopic (exact) mass is 512 g/mol. The highest BCUT2D eigenvalue weighted by Gasteiger charge is 2.15. The molecule has 0 fully saturated rings. The van der Waals surface area contributed by atoms with Crippen LogP contribution in [0.4, 0.5) is 11.4 Å². The molecule has 9 heteroatoms. The number of hydrogen-bond acceptors (Lipinski definition) is 4. The molecular formula is C19H18ClIN4O3. The van der Waals surface area contributed by atoms with Gasteiger partial charge in [0.2, 0.25) is 5.91 Å². The number of hydrogen-bond donors (Lipinski definition) is 3. The predicted molar refractivity (Wildman–Crippen MR) is 118 cm³/mol. The van der Waals surface area contributed by atoms with Crippen molar-refractivity contribution in [3.63, 3.8) is 0 Å². The molecule has 0 radical (unpaired) electrons. The van der Waals surface area contributed by atoms with Gasteiger partial charge < -0.3 is 10.6 Å². The molecule has 0 aliphatic carbocycles. The Morgan fingerprint density at radius 1 is 1.07 bits per heavy atom. The number of benzene rings is 2. The van der Waals surface area contributed by atoms with Crippen LogP contribution in [-0.2, 0) is 14.4 Å².